The summed E-state index contributed by atoms with van der Waals surface area (Å²) in [5.74, 6) is 0. The number of aryl methyl sites for hydroxylation is 2. The minimum Gasteiger partial charge on any atom is -0.349 e. The minimum atomic E-state index is -0.679. The van der Waals surface area contributed by atoms with Crippen molar-refractivity contribution in [1.82, 2.24) is 4.57 Å². The molecule has 0 radical (unpaired) electrons. The van der Waals surface area contributed by atoms with Gasteiger partial charge in [-0.3, -0.25) is 14.9 Å². The summed E-state index contributed by atoms with van der Waals surface area (Å²) in [5.41, 5.74) is -0.232. The second kappa shape index (κ2) is 2.77. The SMILES string of the molecule is Cc1cc(=O)c([N+](=O)[O-])cn1C. The lowest BCUT2D eigenvalue weighted by Gasteiger charge is -2.00. The first-order chi connectivity index (χ1) is 5.52. The summed E-state index contributed by atoms with van der Waals surface area (Å²) in [6.07, 6.45) is 1.22. The average Bonchev–Trinajstić information content (AvgIpc) is 1.96. The molecule has 5 heteroatoms. The Balaban J connectivity index is 3.43. The smallest absolute Gasteiger partial charge is 0.332 e. The van der Waals surface area contributed by atoms with Gasteiger partial charge in [0.15, 0.2) is 0 Å². The summed E-state index contributed by atoms with van der Waals surface area (Å²) in [4.78, 5) is 20.6. The fraction of sp³-hybridized carbons (Fsp3) is 0.286. The summed E-state index contributed by atoms with van der Waals surface area (Å²) in [6, 6.07) is 1.25. The van der Waals surface area contributed by atoms with E-state index in [9.17, 15) is 14.9 Å². The third-order valence-electron chi connectivity index (χ3n) is 1.66. The van der Waals surface area contributed by atoms with Gasteiger partial charge < -0.3 is 4.57 Å². The molecule has 0 bridgehead atoms. The molecule has 0 spiro atoms. The van der Waals surface area contributed by atoms with E-state index in [2.05, 4.69) is 0 Å². The molecule has 1 heterocycles. The van der Waals surface area contributed by atoms with E-state index < -0.39 is 10.4 Å². The molecule has 1 aromatic heterocycles. The van der Waals surface area contributed by atoms with E-state index >= 15 is 0 Å². The van der Waals surface area contributed by atoms with Gasteiger partial charge in [0.05, 0.1) is 11.1 Å². The van der Waals surface area contributed by atoms with Crippen molar-refractivity contribution in [2.24, 2.45) is 7.05 Å². The lowest BCUT2D eigenvalue weighted by molar-refractivity contribution is -0.386. The summed E-state index contributed by atoms with van der Waals surface area (Å²) in [5, 5.41) is 10.3. The Morgan fingerprint density at radius 2 is 2.17 bits per heavy atom. The minimum absolute atomic E-state index is 0.386. The van der Waals surface area contributed by atoms with Crippen molar-refractivity contribution in [2.45, 2.75) is 6.92 Å². The van der Waals surface area contributed by atoms with Gasteiger partial charge in [0.1, 0.15) is 0 Å². The fourth-order valence-electron chi connectivity index (χ4n) is 0.851. The van der Waals surface area contributed by atoms with Crippen molar-refractivity contribution in [2.75, 3.05) is 0 Å². The molecule has 0 aromatic carbocycles. The lowest BCUT2D eigenvalue weighted by atomic mass is 10.3. The van der Waals surface area contributed by atoms with Gasteiger partial charge in [-0.05, 0) is 6.92 Å². The van der Waals surface area contributed by atoms with Crippen LogP contribution >= 0.6 is 0 Å². The zero-order valence-electron chi connectivity index (χ0n) is 6.77. The second-order valence-corrected chi connectivity index (χ2v) is 2.53. The van der Waals surface area contributed by atoms with E-state index in [1.807, 2.05) is 0 Å². The van der Waals surface area contributed by atoms with Crippen LogP contribution in [-0.4, -0.2) is 9.49 Å². The number of nitrogens with zero attached hydrogens (tertiary/aromatic N) is 2. The van der Waals surface area contributed by atoms with Crippen molar-refractivity contribution in [3.8, 4) is 0 Å². The van der Waals surface area contributed by atoms with Gasteiger partial charge in [0, 0.05) is 18.8 Å². The third kappa shape index (κ3) is 1.34. The topological polar surface area (TPSA) is 65.1 Å². The third-order valence-corrected chi connectivity index (χ3v) is 1.66. The molecular weight excluding hydrogens is 160 g/mol. The molecule has 0 saturated carbocycles. The number of hydrogen-bond acceptors (Lipinski definition) is 3. The van der Waals surface area contributed by atoms with Gasteiger partial charge >= 0.3 is 5.69 Å². The van der Waals surface area contributed by atoms with Crippen LogP contribution in [0, 0.1) is 17.0 Å². The molecule has 0 unspecified atom stereocenters. The first-order valence-electron chi connectivity index (χ1n) is 3.34. The van der Waals surface area contributed by atoms with E-state index in [0.717, 1.165) is 0 Å². The molecule has 5 nitrogen and oxygen atoms in total. The van der Waals surface area contributed by atoms with Gasteiger partial charge in [-0.15, -0.1) is 0 Å². The maximum atomic E-state index is 11.0. The van der Waals surface area contributed by atoms with Crippen LogP contribution in [0.25, 0.3) is 0 Å². The Morgan fingerprint density at radius 1 is 1.58 bits per heavy atom. The molecule has 0 atom stereocenters. The highest BCUT2D eigenvalue weighted by Crippen LogP contribution is 2.03. The first-order valence-corrected chi connectivity index (χ1v) is 3.34. The normalized spacial score (nSPS) is 9.83. The fourth-order valence-corrected chi connectivity index (χ4v) is 0.851. The van der Waals surface area contributed by atoms with Crippen molar-refractivity contribution in [3.05, 3.63) is 38.3 Å². The van der Waals surface area contributed by atoms with Crippen molar-refractivity contribution in [3.63, 3.8) is 0 Å². The molecule has 0 aliphatic carbocycles. The van der Waals surface area contributed by atoms with E-state index in [4.69, 9.17) is 0 Å². The Bertz CT molecular complexity index is 381. The second-order valence-electron chi connectivity index (χ2n) is 2.53. The summed E-state index contributed by atoms with van der Waals surface area (Å²) in [7, 11) is 1.65. The van der Waals surface area contributed by atoms with Crippen LogP contribution in [-0.2, 0) is 7.05 Å². The number of aromatic nitrogens is 1. The van der Waals surface area contributed by atoms with Crippen LogP contribution in [0.2, 0.25) is 0 Å². The predicted molar refractivity (Wildman–Crippen MR) is 43.1 cm³/mol. The zero-order valence-corrected chi connectivity index (χ0v) is 6.77. The van der Waals surface area contributed by atoms with Crippen molar-refractivity contribution in [1.29, 1.82) is 0 Å². The Hall–Kier alpha value is -1.65. The molecule has 0 fully saturated rings. The van der Waals surface area contributed by atoms with Crippen LogP contribution in [0.15, 0.2) is 17.1 Å². The highest BCUT2D eigenvalue weighted by Gasteiger charge is 2.11. The molecule has 0 aliphatic heterocycles. The first kappa shape index (κ1) is 8.45. The average molecular weight is 168 g/mol. The Morgan fingerprint density at radius 3 is 2.67 bits per heavy atom. The van der Waals surface area contributed by atoms with E-state index in [-0.39, 0.29) is 5.69 Å². The highest BCUT2D eigenvalue weighted by atomic mass is 16.6. The van der Waals surface area contributed by atoms with Gasteiger partial charge in [-0.25, -0.2) is 0 Å². The van der Waals surface area contributed by atoms with Crippen molar-refractivity contribution < 1.29 is 4.92 Å². The summed E-state index contributed by atoms with van der Waals surface area (Å²) in [6.45, 7) is 1.71. The summed E-state index contributed by atoms with van der Waals surface area (Å²) >= 11 is 0. The van der Waals surface area contributed by atoms with E-state index in [1.54, 1.807) is 18.5 Å². The molecule has 0 saturated heterocycles. The molecule has 0 amide bonds. The van der Waals surface area contributed by atoms with Gasteiger partial charge in [0.25, 0.3) is 5.43 Å². The maximum absolute atomic E-state index is 11.0. The van der Waals surface area contributed by atoms with Gasteiger partial charge in [-0.1, -0.05) is 0 Å². The molecule has 64 valence electrons. The van der Waals surface area contributed by atoms with Crippen LogP contribution in [0.4, 0.5) is 5.69 Å². The Kier molecular flexibility index (Phi) is 1.95. The number of pyridine rings is 1. The van der Waals surface area contributed by atoms with Gasteiger partial charge in [-0.2, -0.15) is 0 Å². The van der Waals surface area contributed by atoms with Crippen LogP contribution in [0.5, 0.6) is 0 Å². The monoisotopic (exact) mass is 168 g/mol. The molecule has 1 rings (SSSR count). The number of rotatable bonds is 1. The van der Waals surface area contributed by atoms with Crippen LogP contribution in [0.3, 0.4) is 0 Å². The molecule has 0 N–H and O–H groups in total. The standard InChI is InChI=1S/C7H8N2O3/c1-5-3-7(10)6(9(11)12)4-8(5)2/h3-4H,1-2H3. The Labute approximate surface area is 68.4 Å². The quantitative estimate of drug-likeness (QED) is 0.455. The van der Waals surface area contributed by atoms with Crippen LogP contribution < -0.4 is 5.43 Å². The largest absolute Gasteiger partial charge is 0.349 e. The van der Waals surface area contributed by atoms with Crippen molar-refractivity contribution >= 4 is 5.69 Å². The van der Waals surface area contributed by atoms with E-state index in [1.165, 1.54) is 12.3 Å². The summed E-state index contributed by atoms with van der Waals surface area (Å²) < 4.78 is 1.54. The van der Waals surface area contributed by atoms with Gasteiger partial charge in [0.2, 0.25) is 0 Å². The van der Waals surface area contributed by atoms with Crippen LogP contribution in [0.1, 0.15) is 5.69 Å². The van der Waals surface area contributed by atoms with E-state index in [0.29, 0.717) is 5.69 Å². The predicted octanol–water partition coefficient (Wildman–Crippen LogP) is 0.602. The molecule has 1 aromatic rings. The maximum Gasteiger partial charge on any atom is 0.332 e. The molecular formula is C7H8N2O3. The number of nitro groups is 1. The molecule has 0 aliphatic rings. The number of hydrogen-bond donors (Lipinski definition) is 0. The highest BCUT2D eigenvalue weighted by molar-refractivity contribution is 5.27. The molecule has 12 heavy (non-hydrogen) atoms. The lowest BCUT2D eigenvalue weighted by Crippen LogP contribution is -2.11. The zero-order chi connectivity index (χ0) is 9.30.